The Kier molecular flexibility index (Phi) is 3.55. The van der Waals surface area contributed by atoms with E-state index in [1.807, 2.05) is 30.0 Å². The summed E-state index contributed by atoms with van der Waals surface area (Å²) in [4.78, 5) is 14.9. The molecule has 20 heavy (non-hydrogen) atoms. The Labute approximate surface area is 120 Å². The van der Waals surface area contributed by atoms with E-state index < -0.39 is 5.72 Å². The van der Waals surface area contributed by atoms with E-state index in [1.54, 1.807) is 7.11 Å². The number of rotatable bonds is 3. The van der Waals surface area contributed by atoms with Crippen molar-refractivity contribution < 1.29 is 9.53 Å². The first kappa shape index (κ1) is 13.6. The highest BCUT2D eigenvalue weighted by Gasteiger charge is 2.48. The summed E-state index contributed by atoms with van der Waals surface area (Å²) in [6.45, 7) is 2.05. The summed E-state index contributed by atoms with van der Waals surface area (Å²) in [5, 5.41) is 0. The van der Waals surface area contributed by atoms with E-state index >= 15 is 0 Å². The summed E-state index contributed by atoms with van der Waals surface area (Å²) < 4.78 is 5.71. The number of likely N-dealkylation sites (tertiary alicyclic amines) is 1. The van der Waals surface area contributed by atoms with Gasteiger partial charge in [-0.15, -0.1) is 0 Å². The molecule has 0 aromatic heterocycles. The fourth-order valence-corrected chi connectivity index (χ4v) is 3.41. The van der Waals surface area contributed by atoms with Crippen molar-refractivity contribution in [2.45, 2.75) is 50.8 Å². The molecule has 1 aromatic carbocycles. The lowest BCUT2D eigenvalue weighted by Gasteiger charge is -2.41. The van der Waals surface area contributed by atoms with Gasteiger partial charge in [-0.25, -0.2) is 0 Å². The van der Waals surface area contributed by atoms with Crippen LogP contribution in [0.25, 0.3) is 0 Å². The van der Waals surface area contributed by atoms with Gasteiger partial charge in [0.05, 0.1) is 6.04 Å². The van der Waals surface area contributed by atoms with E-state index in [4.69, 9.17) is 4.74 Å². The molecular weight excluding hydrogens is 250 g/mol. The Bertz CT molecular complexity index is 483. The molecule has 2 aliphatic rings. The second kappa shape index (κ2) is 5.21. The second-order valence-corrected chi connectivity index (χ2v) is 6.18. The number of ether oxygens (including phenoxy) is 1. The van der Waals surface area contributed by atoms with E-state index in [0.29, 0.717) is 0 Å². The van der Waals surface area contributed by atoms with Crippen molar-refractivity contribution in [2.24, 2.45) is 5.92 Å². The fourth-order valence-electron chi connectivity index (χ4n) is 3.41. The van der Waals surface area contributed by atoms with Crippen molar-refractivity contribution in [1.82, 2.24) is 4.90 Å². The Morgan fingerprint density at radius 3 is 2.50 bits per heavy atom. The normalized spacial score (nSPS) is 30.3. The van der Waals surface area contributed by atoms with E-state index in [-0.39, 0.29) is 17.9 Å². The molecule has 0 radical (unpaired) electrons. The number of benzene rings is 1. The molecule has 2 fully saturated rings. The summed E-state index contributed by atoms with van der Waals surface area (Å²) in [7, 11) is 1.72. The molecule has 1 aliphatic heterocycles. The average Bonchev–Trinajstić information content (AvgIpc) is 2.76. The molecule has 3 rings (SSSR count). The lowest BCUT2D eigenvalue weighted by molar-refractivity contribution is -0.167. The zero-order valence-electron chi connectivity index (χ0n) is 12.3. The SMILES string of the molecule is COC1(C)CCC(c2ccccc2)N1C(=O)C1CCC1. The smallest absolute Gasteiger partial charge is 0.228 e. The van der Waals surface area contributed by atoms with Crippen LogP contribution >= 0.6 is 0 Å². The second-order valence-electron chi connectivity index (χ2n) is 6.18. The molecule has 0 bridgehead atoms. The minimum Gasteiger partial charge on any atom is -0.359 e. The van der Waals surface area contributed by atoms with Gasteiger partial charge in [-0.1, -0.05) is 36.8 Å². The summed E-state index contributed by atoms with van der Waals surface area (Å²) in [5.41, 5.74) is 0.772. The molecule has 2 atom stereocenters. The van der Waals surface area contributed by atoms with Crippen molar-refractivity contribution in [3.05, 3.63) is 35.9 Å². The maximum atomic E-state index is 12.8. The number of hydrogen-bond acceptors (Lipinski definition) is 2. The van der Waals surface area contributed by atoms with Gasteiger partial charge in [0.25, 0.3) is 0 Å². The highest BCUT2D eigenvalue weighted by Crippen LogP contribution is 2.45. The summed E-state index contributed by atoms with van der Waals surface area (Å²) in [6.07, 6.45) is 5.14. The van der Waals surface area contributed by atoms with Gasteiger partial charge in [0.15, 0.2) is 0 Å². The van der Waals surface area contributed by atoms with Gasteiger partial charge in [-0.05, 0) is 38.2 Å². The Morgan fingerprint density at radius 2 is 1.95 bits per heavy atom. The van der Waals surface area contributed by atoms with Gasteiger partial charge in [0.2, 0.25) is 5.91 Å². The Balaban J connectivity index is 1.91. The minimum absolute atomic E-state index is 0.161. The summed E-state index contributed by atoms with van der Waals surface area (Å²) in [5.74, 6) is 0.501. The molecule has 1 aromatic rings. The lowest BCUT2D eigenvalue weighted by Crippen LogP contribution is -2.50. The van der Waals surface area contributed by atoms with Gasteiger partial charge in [-0.2, -0.15) is 0 Å². The molecule has 108 valence electrons. The molecule has 3 heteroatoms. The van der Waals surface area contributed by atoms with Crippen LogP contribution in [-0.2, 0) is 9.53 Å². The van der Waals surface area contributed by atoms with Crippen molar-refractivity contribution in [3.8, 4) is 0 Å². The first-order chi connectivity index (χ1) is 9.65. The van der Waals surface area contributed by atoms with Gasteiger partial charge in [0, 0.05) is 13.0 Å². The molecule has 1 amide bonds. The van der Waals surface area contributed by atoms with Gasteiger partial charge in [0.1, 0.15) is 5.72 Å². The summed E-state index contributed by atoms with van der Waals surface area (Å²) >= 11 is 0. The third-order valence-electron chi connectivity index (χ3n) is 5.02. The number of nitrogens with zero attached hydrogens (tertiary/aromatic N) is 1. The molecule has 1 heterocycles. The molecule has 0 N–H and O–H groups in total. The molecule has 1 aliphatic carbocycles. The quantitative estimate of drug-likeness (QED) is 0.843. The number of carbonyl (C=O) groups excluding carboxylic acids is 1. The maximum Gasteiger partial charge on any atom is 0.228 e. The fraction of sp³-hybridized carbons (Fsp3) is 0.588. The van der Waals surface area contributed by atoms with Crippen LogP contribution in [0.15, 0.2) is 30.3 Å². The van der Waals surface area contributed by atoms with Crippen LogP contribution in [0, 0.1) is 5.92 Å². The van der Waals surface area contributed by atoms with Crippen molar-refractivity contribution in [2.75, 3.05) is 7.11 Å². The Morgan fingerprint density at radius 1 is 1.25 bits per heavy atom. The molecule has 1 saturated heterocycles. The summed E-state index contributed by atoms with van der Waals surface area (Å²) in [6, 6.07) is 10.5. The largest absolute Gasteiger partial charge is 0.359 e. The maximum absolute atomic E-state index is 12.8. The van der Waals surface area contributed by atoms with Crippen LogP contribution in [0.2, 0.25) is 0 Å². The van der Waals surface area contributed by atoms with Crippen molar-refractivity contribution in [3.63, 3.8) is 0 Å². The highest BCUT2D eigenvalue weighted by atomic mass is 16.5. The first-order valence-corrected chi connectivity index (χ1v) is 7.59. The Hall–Kier alpha value is -1.35. The van der Waals surface area contributed by atoms with Crippen molar-refractivity contribution >= 4 is 5.91 Å². The topological polar surface area (TPSA) is 29.5 Å². The van der Waals surface area contributed by atoms with E-state index in [1.165, 1.54) is 12.0 Å². The third kappa shape index (κ3) is 2.14. The molecule has 3 nitrogen and oxygen atoms in total. The standard InChI is InChI=1S/C17H23NO2/c1-17(20-2)12-11-15(13-7-4-3-5-8-13)18(17)16(19)14-9-6-10-14/h3-5,7-8,14-15H,6,9-12H2,1-2H3. The molecule has 0 spiro atoms. The highest BCUT2D eigenvalue weighted by molar-refractivity contribution is 5.81. The van der Waals surface area contributed by atoms with E-state index in [9.17, 15) is 4.79 Å². The van der Waals surface area contributed by atoms with Crippen LogP contribution in [0.1, 0.15) is 50.6 Å². The average molecular weight is 273 g/mol. The zero-order valence-corrected chi connectivity index (χ0v) is 12.3. The van der Waals surface area contributed by atoms with Crippen LogP contribution in [0.5, 0.6) is 0 Å². The number of amides is 1. The minimum atomic E-state index is -0.451. The number of carbonyl (C=O) groups is 1. The monoisotopic (exact) mass is 273 g/mol. The molecular formula is C17H23NO2. The lowest BCUT2D eigenvalue weighted by atomic mass is 9.83. The zero-order chi connectivity index (χ0) is 14.2. The van der Waals surface area contributed by atoms with Gasteiger partial charge in [-0.3, -0.25) is 4.79 Å². The third-order valence-corrected chi connectivity index (χ3v) is 5.02. The van der Waals surface area contributed by atoms with E-state index in [0.717, 1.165) is 25.7 Å². The van der Waals surface area contributed by atoms with E-state index in [2.05, 4.69) is 12.1 Å². The predicted molar refractivity (Wildman–Crippen MR) is 78.0 cm³/mol. The first-order valence-electron chi connectivity index (χ1n) is 7.59. The van der Waals surface area contributed by atoms with Crippen LogP contribution in [0.3, 0.4) is 0 Å². The van der Waals surface area contributed by atoms with Crippen LogP contribution in [0.4, 0.5) is 0 Å². The predicted octanol–water partition coefficient (Wildman–Crippen LogP) is 3.51. The molecule has 2 unspecified atom stereocenters. The van der Waals surface area contributed by atoms with Gasteiger partial charge >= 0.3 is 0 Å². The number of hydrogen-bond donors (Lipinski definition) is 0. The van der Waals surface area contributed by atoms with Crippen LogP contribution < -0.4 is 0 Å². The van der Waals surface area contributed by atoms with Crippen LogP contribution in [-0.4, -0.2) is 23.6 Å². The van der Waals surface area contributed by atoms with Gasteiger partial charge < -0.3 is 9.64 Å². The van der Waals surface area contributed by atoms with Crippen molar-refractivity contribution in [1.29, 1.82) is 0 Å². The molecule has 1 saturated carbocycles. The number of methoxy groups -OCH3 is 1.